The Balaban J connectivity index is 3.01. The van der Waals surface area contributed by atoms with Gasteiger partial charge in [0.05, 0.1) is 4.92 Å². The molecule has 0 aliphatic rings. The summed E-state index contributed by atoms with van der Waals surface area (Å²) in [5.74, 6) is -1.30. The number of hydrogen-bond donors (Lipinski definition) is 2. The number of hydrogen-bond acceptors (Lipinski definition) is 5. The number of carboxylic acid groups (broad SMARTS) is 1. The number of nitrogens with two attached hydrogens (primary N) is 1. The van der Waals surface area contributed by atoms with Crippen LogP contribution in [-0.4, -0.2) is 28.6 Å². The van der Waals surface area contributed by atoms with Crippen LogP contribution in [0.3, 0.4) is 0 Å². The molecule has 0 aliphatic carbocycles. The highest BCUT2D eigenvalue weighted by Gasteiger charge is 2.23. The van der Waals surface area contributed by atoms with Gasteiger partial charge in [-0.05, 0) is 18.7 Å². The van der Waals surface area contributed by atoms with E-state index in [4.69, 9.17) is 15.6 Å². The lowest BCUT2D eigenvalue weighted by atomic mass is 10.2. The molecular formula is C10H11BrN2O5. The van der Waals surface area contributed by atoms with E-state index in [1.165, 1.54) is 18.2 Å². The van der Waals surface area contributed by atoms with Crippen LogP contribution in [0.1, 0.15) is 6.42 Å². The molecule has 0 aliphatic heterocycles. The molecule has 1 unspecified atom stereocenters. The fraction of sp³-hybridized carbons (Fsp3) is 0.300. The van der Waals surface area contributed by atoms with E-state index in [-0.39, 0.29) is 24.4 Å². The predicted molar refractivity (Wildman–Crippen MR) is 66.5 cm³/mol. The van der Waals surface area contributed by atoms with Crippen LogP contribution >= 0.6 is 15.9 Å². The molecule has 0 fully saturated rings. The maximum atomic E-state index is 10.9. The van der Waals surface area contributed by atoms with Crippen LogP contribution in [0.5, 0.6) is 5.75 Å². The smallest absolute Gasteiger partial charge is 0.344 e. The number of ether oxygens (including phenoxy) is 1. The predicted octanol–water partition coefficient (Wildman–Crippen LogP) is 1.54. The number of nitro groups is 1. The van der Waals surface area contributed by atoms with Crippen LogP contribution in [0.15, 0.2) is 22.7 Å². The highest BCUT2D eigenvalue weighted by atomic mass is 79.9. The topological polar surface area (TPSA) is 116 Å². The van der Waals surface area contributed by atoms with E-state index in [0.717, 1.165) is 0 Å². The third kappa shape index (κ3) is 3.67. The first-order chi connectivity index (χ1) is 8.45. The van der Waals surface area contributed by atoms with Gasteiger partial charge in [-0.1, -0.05) is 15.9 Å². The average Bonchev–Trinajstić information content (AvgIpc) is 2.30. The Bertz CT molecular complexity index is 466. The number of benzene rings is 1. The molecule has 0 spiro atoms. The van der Waals surface area contributed by atoms with Crippen LogP contribution in [-0.2, 0) is 4.79 Å². The fourth-order valence-electron chi connectivity index (χ4n) is 1.27. The van der Waals surface area contributed by atoms with Gasteiger partial charge in [-0.25, -0.2) is 4.79 Å². The van der Waals surface area contributed by atoms with Crippen molar-refractivity contribution >= 4 is 27.6 Å². The normalized spacial score (nSPS) is 11.9. The molecule has 1 aromatic rings. The van der Waals surface area contributed by atoms with Gasteiger partial charge in [0.25, 0.3) is 0 Å². The molecule has 8 heteroatoms. The lowest BCUT2D eigenvalue weighted by Crippen LogP contribution is -2.29. The van der Waals surface area contributed by atoms with Crippen molar-refractivity contribution < 1.29 is 19.6 Å². The van der Waals surface area contributed by atoms with Crippen LogP contribution in [0.2, 0.25) is 0 Å². The van der Waals surface area contributed by atoms with E-state index in [1.807, 2.05) is 0 Å². The van der Waals surface area contributed by atoms with E-state index < -0.39 is 17.0 Å². The maximum Gasteiger partial charge on any atom is 0.344 e. The Hall–Kier alpha value is -1.67. The summed E-state index contributed by atoms with van der Waals surface area (Å²) in [5.41, 5.74) is 4.96. The lowest BCUT2D eigenvalue weighted by Gasteiger charge is -2.14. The van der Waals surface area contributed by atoms with Gasteiger partial charge >= 0.3 is 11.7 Å². The zero-order valence-electron chi connectivity index (χ0n) is 9.21. The van der Waals surface area contributed by atoms with Crippen molar-refractivity contribution in [3.63, 3.8) is 0 Å². The second-order valence-corrected chi connectivity index (χ2v) is 4.31. The molecule has 0 heterocycles. The monoisotopic (exact) mass is 318 g/mol. The molecule has 3 N–H and O–H groups in total. The molecule has 1 rings (SSSR count). The molecule has 0 amide bonds. The van der Waals surface area contributed by atoms with Crippen molar-refractivity contribution in [1.29, 1.82) is 0 Å². The zero-order valence-corrected chi connectivity index (χ0v) is 10.8. The summed E-state index contributed by atoms with van der Waals surface area (Å²) in [5, 5.41) is 19.7. The Kier molecular flexibility index (Phi) is 5.05. The van der Waals surface area contributed by atoms with Gasteiger partial charge in [-0.2, -0.15) is 0 Å². The standard InChI is InChI=1S/C10H11BrN2O5/c11-6-1-2-8(7(5-6)13(16)17)18-9(3-4-12)10(14)15/h1-2,5,9H,3-4,12H2,(H,14,15). The summed E-state index contributed by atoms with van der Waals surface area (Å²) < 4.78 is 5.63. The van der Waals surface area contributed by atoms with Crippen molar-refractivity contribution in [3.05, 3.63) is 32.8 Å². The van der Waals surface area contributed by atoms with Gasteiger partial charge in [0.2, 0.25) is 0 Å². The number of nitro benzene ring substituents is 1. The van der Waals surface area contributed by atoms with Crippen LogP contribution in [0, 0.1) is 10.1 Å². The summed E-state index contributed by atoms with van der Waals surface area (Å²) in [6, 6.07) is 4.12. The Morgan fingerprint density at radius 2 is 2.28 bits per heavy atom. The molecule has 0 radical (unpaired) electrons. The van der Waals surface area contributed by atoms with E-state index in [1.54, 1.807) is 0 Å². The quantitative estimate of drug-likeness (QED) is 0.607. The van der Waals surface area contributed by atoms with Crippen molar-refractivity contribution in [2.75, 3.05) is 6.54 Å². The Morgan fingerprint density at radius 3 is 2.78 bits per heavy atom. The first-order valence-corrected chi connectivity index (χ1v) is 5.78. The highest BCUT2D eigenvalue weighted by Crippen LogP contribution is 2.31. The first-order valence-electron chi connectivity index (χ1n) is 4.99. The summed E-state index contributed by atoms with van der Waals surface area (Å²) in [6.45, 7) is 0.112. The molecule has 0 saturated heterocycles. The largest absolute Gasteiger partial charge is 0.479 e. The van der Waals surface area contributed by atoms with Gasteiger partial charge in [0.1, 0.15) is 0 Å². The minimum atomic E-state index is -1.21. The molecule has 98 valence electrons. The van der Waals surface area contributed by atoms with Crippen molar-refractivity contribution in [3.8, 4) is 5.75 Å². The van der Waals surface area contributed by atoms with Gasteiger partial charge in [-0.3, -0.25) is 10.1 Å². The summed E-state index contributed by atoms with van der Waals surface area (Å²) >= 11 is 3.09. The molecular weight excluding hydrogens is 308 g/mol. The van der Waals surface area contributed by atoms with Crippen LogP contribution in [0.4, 0.5) is 5.69 Å². The molecule has 7 nitrogen and oxygen atoms in total. The van der Waals surface area contributed by atoms with Crippen molar-refractivity contribution in [1.82, 2.24) is 0 Å². The fourth-order valence-corrected chi connectivity index (χ4v) is 1.62. The second kappa shape index (κ2) is 6.31. The number of carbonyl (C=O) groups is 1. The molecule has 1 aromatic carbocycles. The third-order valence-electron chi connectivity index (χ3n) is 2.09. The summed E-state index contributed by atoms with van der Waals surface area (Å²) in [4.78, 5) is 21.1. The lowest BCUT2D eigenvalue weighted by molar-refractivity contribution is -0.386. The number of aliphatic carboxylic acids is 1. The van der Waals surface area contributed by atoms with Gasteiger partial charge in [-0.15, -0.1) is 0 Å². The van der Waals surface area contributed by atoms with Crippen molar-refractivity contribution in [2.24, 2.45) is 5.73 Å². The van der Waals surface area contributed by atoms with Gasteiger partial charge < -0.3 is 15.6 Å². The van der Waals surface area contributed by atoms with E-state index in [9.17, 15) is 14.9 Å². The minimum absolute atomic E-state index is 0.0720. The average molecular weight is 319 g/mol. The minimum Gasteiger partial charge on any atom is -0.479 e. The Morgan fingerprint density at radius 1 is 1.61 bits per heavy atom. The molecule has 1 atom stereocenters. The van der Waals surface area contributed by atoms with Gasteiger partial charge in [0.15, 0.2) is 11.9 Å². The summed E-state index contributed by atoms with van der Waals surface area (Å²) in [7, 11) is 0. The van der Waals surface area contributed by atoms with Gasteiger partial charge in [0, 0.05) is 17.0 Å². The highest BCUT2D eigenvalue weighted by molar-refractivity contribution is 9.10. The SMILES string of the molecule is NCCC(Oc1ccc(Br)cc1[N+](=O)[O-])C(=O)O. The molecule has 18 heavy (non-hydrogen) atoms. The number of carboxylic acids is 1. The molecule has 0 bridgehead atoms. The number of halogens is 1. The number of nitrogens with zero attached hydrogens (tertiary/aromatic N) is 1. The maximum absolute atomic E-state index is 10.9. The molecule has 0 saturated carbocycles. The molecule has 0 aromatic heterocycles. The van der Waals surface area contributed by atoms with E-state index in [2.05, 4.69) is 15.9 Å². The van der Waals surface area contributed by atoms with Crippen molar-refractivity contribution in [2.45, 2.75) is 12.5 Å². The summed E-state index contributed by atoms with van der Waals surface area (Å²) in [6.07, 6.45) is -1.13. The zero-order chi connectivity index (χ0) is 13.7. The first kappa shape index (κ1) is 14.4. The Labute approximate surface area is 111 Å². The second-order valence-electron chi connectivity index (χ2n) is 3.39. The van der Waals surface area contributed by atoms with Crippen LogP contribution in [0.25, 0.3) is 0 Å². The third-order valence-corrected chi connectivity index (χ3v) is 2.58. The van der Waals surface area contributed by atoms with E-state index in [0.29, 0.717) is 4.47 Å². The van der Waals surface area contributed by atoms with Crippen LogP contribution < -0.4 is 10.5 Å². The number of rotatable bonds is 6. The van der Waals surface area contributed by atoms with E-state index >= 15 is 0 Å².